The van der Waals surface area contributed by atoms with Crippen LogP contribution >= 0.6 is 0 Å². The van der Waals surface area contributed by atoms with Crippen LogP contribution in [-0.4, -0.2) is 13.2 Å². The van der Waals surface area contributed by atoms with Gasteiger partial charge in [0.2, 0.25) is 0 Å². The van der Waals surface area contributed by atoms with Gasteiger partial charge in [-0.15, -0.1) is 0 Å². The van der Waals surface area contributed by atoms with E-state index in [0.29, 0.717) is 5.56 Å². The zero-order valence-electron chi connectivity index (χ0n) is 11.2. The average Bonchev–Trinajstić information content (AvgIpc) is 2.90. The molecule has 1 aliphatic heterocycles. The van der Waals surface area contributed by atoms with Crippen molar-refractivity contribution in [2.45, 2.75) is 18.6 Å². The van der Waals surface area contributed by atoms with E-state index in [1.54, 1.807) is 12.1 Å². The summed E-state index contributed by atoms with van der Waals surface area (Å²) in [6.45, 7) is 0. The van der Waals surface area contributed by atoms with E-state index in [2.05, 4.69) is 0 Å². The number of ether oxygens (including phenoxy) is 2. The molecule has 0 fully saturated rings. The summed E-state index contributed by atoms with van der Waals surface area (Å²) >= 11 is 0. The highest BCUT2D eigenvalue weighted by molar-refractivity contribution is 5.39. The Morgan fingerprint density at radius 2 is 2.10 bits per heavy atom. The molecule has 1 aliphatic rings. The highest BCUT2D eigenvalue weighted by Gasteiger charge is 2.29. The Bertz CT molecular complexity index is 605. The van der Waals surface area contributed by atoms with Crippen LogP contribution in [0.4, 0.5) is 4.39 Å². The van der Waals surface area contributed by atoms with Gasteiger partial charge in [-0.25, -0.2) is 4.39 Å². The molecule has 104 valence electrons. The molecule has 20 heavy (non-hydrogen) atoms. The van der Waals surface area contributed by atoms with Gasteiger partial charge >= 0.3 is 0 Å². The predicted molar refractivity (Wildman–Crippen MR) is 74.4 cm³/mol. The topological polar surface area (TPSA) is 44.5 Å². The van der Waals surface area contributed by atoms with Crippen molar-refractivity contribution in [2.24, 2.45) is 5.73 Å². The minimum absolute atomic E-state index is 0.166. The quantitative estimate of drug-likeness (QED) is 0.935. The first-order valence-electron chi connectivity index (χ1n) is 6.52. The summed E-state index contributed by atoms with van der Waals surface area (Å²) in [5.74, 6) is 0.675. The maximum absolute atomic E-state index is 13.7. The number of methoxy groups -OCH3 is 1. The molecule has 0 aliphatic carbocycles. The zero-order chi connectivity index (χ0) is 14.1. The number of fused-ring (bicyclic) bond motifs is 1. The van der Waals surface area contributed by atoms with E-state index in [1.807, 2.05) is 24.3 Å². The van der Waals surface area contributed by atoms with Crippen LogP contribution in [0.3, 0.4) is 0 Å². The van der Waals surface area contributed by atoms with Crippen LogP contribution < -0.4 is 15.2 Å². The third-order valence-electron chi connectivity index (χ3n) is 3.63. The summed E-state index contributed by atoms with van der Waals surface area (Å²) in [7, 11) is 1.44. The number of hydrogen-bond donors (Lipinski definition) is 1. The van der Waals surface area contributed by atoms with Crippen molar-refractivity contribution in [2.75, 3.05) is 7.11 Å². The monoisotopic (exact) mass is 273 g/mol. The SMILES string of the molecule is COc1ccc(C(N)C2Cc3ccccc3O2)cc1F. The first-order chi connectivity index (χ1) is 9.69. The molecular weight excluding hydrogens is 257 g/mol. The molecule has 0 spiro atoms. The molecule has 4 heteroatoms. The van der Waals surface area contributed by atoms with Crippen LogP contribution in [0, 0.1) is 5.82 Å². The van der Waals surface area contributed by atoms with E-state index in [-0.39, 0.29) is 17.9 Å². The van der Waals surface area contributed by atoms with E-state index in [0.717, 1.165) is 17.7 Å². The summed E-state index contributed by atoms with van der Waals surface area (Å²) in [4.78, 5) is 0. The van der Waals surface area contributed by atoms with Crippen molar-refractivity contribution in [1.29, 1.82) is 0 Å². The van der Waals surface area contributed by atoms with Gasteiger partial charge in [-0.1, -0.05) is 24.3 Å². The van der Waals surface area contributed by atoms with Crippen molar-refractivity contribution in [1.82, 2.24) is 0 Å². The molecule has 0 saturated carbocycles. The average molecular weight is 273 g/mol. The van der Waals surface area contributed by atoms with Gasteiger partial charge in [-0.3, -0.25) is 0 Å². The van der Waals surface area contributed by atoms with Crippen molar-refractivity contribution >= 4 is 0 Å². The lowest BCUT2D eigenvalue weighted by atomic mass is 9.98. The lowest BCUT2D eigenvalue weighted by Crippen LogP contribution is -2.30. The van der Waals surface area contributed by atoms with Crippen molar-refractivity contribution in [3.8, 4) is 11.5 Å². The Morgan fingerprint density at radius 1 is 1.30 bits per heavy atom. The second-order valence-electron chi connectivity index (χ2n) is 4.89. The second kappa shape index (κ2) is 5.13. The van der Waals surface area contributed by atoms with Gasteiger partial charge in [0, 0.05) is 6.42 Å². The molecule has 2 aromatic rings. The molecule has 0 radical (unpaired) electrons. The number of hydrogen-bond acceptors (Lipinski definition) is 3. The zero-order valence-corrected chi connectivity index (χ0v) is 11.2. The Labute approximate surface area is 117 Å². The Hall–Kier alpha value is -2.07. The molecule has 2 N–H and O–H groups in total. The fourth-order valence-electron chi connectivity index (χ4n) is 2.51. The summed E-state index contributed by atoms with van der Waals surface area (Å²) in [5, 5.41) is 0. The lowest BCUT2D eigenvalue weighted by molar-refractivity contribution is 0.199. The number of halogens is 1. The standard InChI is InChI=1S/C16H16FNO2/c1-19-14-7-6-11(8-12(14)17)16(18)15-9-10-4-2-3-5-13(10)20-15/h2-8,15-16H,9,18H2,1H3. The molecule has 2 unspecified atom stereocenters. The van der Waals surface area contributed by atoms with Gasteiger partial charge in [-0.2, -0.15) is 0 Å². The van der Waals surface area contributed by atoms with Crippen molar-refractivity contribution in [3.05, 3.63) is 59.4 Å². The summed E-state index contributed by atoms with van der Waals surface area (Å²) in [6, 6.07) is 12.3. The van der Waals surface area contributed by atoms with Gasteiger partial charge in [0.15, 0.2) is 11.6 Å². The summed E-state index contributed by atoms with van der Waals surface area (Å²) in [5.41, 5.74) is 8.06. The fourth-order valence-corrected chi connectivity index (χ4v) is 2.51. The molecule has 0 bridgehead atoms. The third-order valence-corrected chi connectivity index (χ3v) is 3.63. The van der Waals surface area contributed by atoms with Crippen LogP contribution in [0.2, 0.25) is 0 Å². The summed E-state index contributed by atoms with van der Waals surface area (Å²) < 4.78 is 24.5. The highest BCUT2D eigenvalue weighted by atomic mass is 19.1. The van der Waals surface area contributed by atoms with E-state index < -0.39 is 5.82 Å². The van der Waals surface area contributed by atoms with E-state index in [4.69, 9.17) is 15.2 Å². The first-order valence-corrected chi connectivity index (χ1v) is 6.52. The molecular formula is C16H16FNO2. The van der Waals surface area contributed by atoms with Crippen LogP contribution in [0.1, 0.15) is 17.2 Å². The van der Waals surface area contributed by atoms with Gasteiger partial charge in [0.1, 0.15) is 11.9 Å². The van der Waals surface area contributed by atoms with Crippen LogP contribution in [-0.2, 0) is 6.42 Å². The van der Waals surface area contributed by atoms with Gasteiger partial charge < -0.3 is 15.2 Å². The Kier molecular flexibility index (Phi) is 3.32. The predicted octanol–water partition coefficient (Wildman–Crippen LogP) is 2.84. The van der Waals surface area contributed by atoms with Crippen LogP contribution in [0.25, 0.3) is 0 Å². The van der Waals surface area contributed by atoms with Crippen molar-refractivity contribution < 1.29 is 13.9 Å². The molecule has 0 aromatic heterocycles. The molecule has 0 saturated heterocycles. The number of rotatable bonds is 3. The molecule has 0 amide bonds. The minimum Gasteiger partial charge on any atom is -0.494 e. The van der Waals surface area contributed by atoms with E-state index >= 15 is 0 Å². The maximum Gasteiger partial charge on any atom is 0.165 e. The molecule has 2 aromatic carbocycles. The van der Waals surface area contributed by atoms with Gasteiger partial charge in [0.25, 0.3) is 0 Å². The second-order valence-corrected chi connectivity index (χ2v) is 4.89. The normalized spacial score (nSPS) is 18.2. The number of para-hydroxylation sites is 1. The molecule has 3 rings (SSSR count). The number of nitrogens with two attached hydrogens (primary N) is 1. The lowest BCUT2D eigenvalue weighted by Gasteiger charge is -2.20. The Balaban J connectivity index is 1.81. The summed E-state index contributed by atoms with van der Waals surface area (Å²) in [6.07, 6.45) is 0.575. The van der Waals surface area contributed by atoms with Crippen LogP contribution in [0.5, 0.6) is 11.5 Å². The number of benzene rings is 2. The van der Waals surface area contributed by atoms with Crippen molar-refractivity contribution in [3.63, 3.8) is 0 Å². The van der Waals surface area contributed by atoms with E-state index in [9.17, 15) is 4.39 Å². The molecule has 2 atom stereocenters. The van der Waals surface area contributed by atoms with Gasteiger partial charge in [-0.05, 0) is 29.3 Å². The van der Waals surface area contributed by atoms with Crippen LogP contribution in [0.15, 0.2) is 42.5 Å². The Morgan fingerprint density at radius 3 is 2.80 bits per heavy atom. The maximum atomic E-state index is 13.7. The van der Waals surface area contributed by atoms with E-state index in [1.165, 1.54) is 13.2 Å². The first kappa shape index (κ1) is 12.9. The molecule has 1 heterocycles. The highest BCUT2D eigenvalue weighted by Crippen LogP contribution is 2.33. The largest absolute Gasteiger partial charge is 0.494 e. The third kappa shape index (κ3) is 2.23. The molecule has 3 nitrogen and oxygen atoms in total. The van der Waals surface area contributed by atoms with Gasteiger partial charge in [0.05, 0.1) is 13.2 Å². The smallest absolute Gasteiger partial charge is 0.165 e. The minimum atomic E-state index is -0.407. The fraction of sp³-hybridized carbons (Fsp3) is 0.250.